The topological polar surface area (TPSA) is 3.24 Å². The van der Waals surface area contributed by atoms with Crippen molar-refractivity contribution in [2.75, 3.05) is 4.90 Å². The largest absolute Gasteiger partial charge is 0.309 e. The SMILES string of the molecule is CC(C)(C)c1ccc(-c2ccccc2N(c2cc(C(C)(C)C)ccc2-c2ccccc2)c2ccccc2-c2cccc3cccc(-c4cc(C(C)(C)C)cc(C(C)(C)C)c4)c23)cc1. The molecule has 0 aromatic heterocycles. The fourth-order valence-electron chi connectivity index (χ4n) is 8.85. The van der Waals surface area contributed by atoms with Gasteiger partial charge in [0.2, 0.25) is 0 Å². The summed E-state index contributed by atoms with van der Waals surface area (Å²) in [6, 6.07) is 66.2. The Morgan fingerprint density at radius 1 is 0.270 bits per heavy atom. The monoisotopic (exact) mass is 824 g/mol. The van der Waals surface area contributed by atoms with Crippen LogP contribution in [0.1, 0.15) is 105 Å². The number of para-hydroxylation sites is 2. The van der Waals surface area contributed by atoms with E-state index in [-0.39, 0.29) is 21.7 Å². The summed E-state index contributed by atoms with van der Waals surface area (Å²) in [5.74, 6) is 0. The van der Waals surface area contributed by atoms with Gasteiger partial charge in [0.05, 0.1) is 17.1 Å². The number of anilines is 3. The van der Waals surface area contributed by atoms with Gasteiger partial charge in [0.15, 0.2) is 0 Å². The highest BCUT2D eigenvalue weighted by molar-refractivity contribution is 6.09. The summed E-state index contributed by atoms with van der Waals surface area (Å²) < 4.78 is 0. The van der Waals surface area contributed by atoms with Crippen molar-refractivity contribution in [3.05, 3.63) is 198 Å². The molecule has 0 saturated heterocycles. The molecule has 63 heavy (non-hydrogen) atoms. The summed E-state index contributed by atoms with van der Waals surface area (Å²) in [5, 5.41) is 2.49. The molecular formula is C62H65N. The van der Waals surface area contributed by atoms with Gasteiger partial charge in [-0.3, -0.25) is 0 Å². The Labute approximate surface area is 378 Å². The van der Waals surface area contributed by atoms with E-state index in [0.717, 1.165) is 17.1 Å². The number of hydrogen-bond acceptors (Lipinski definition) is 1. The van der Waals surface area contributed by atoms with Crippen LogP contribution in [0.4, 0.5) is 17.1 Å². The Morgan fingerprint density at radius 2 is 0.714 bits per heavy atom. The Hall–Kier alpha value is -6.18. The van der Waals surface area contributed by atoms with E-state index in [1.54, 1.807) is 0 Å². The number of hydrogen-bond donors (Lipinski definition) is 0. The van der Waals surface area contributed by atoms with Gasteiger partial charge in [0, 0.05) is 16.7 Å². The van der Waals surface area contributed by atoms with E-state index in [0.29, 0.717) is 0 Å². The smallest absolute Gasteiger partial charge is 0.0543 e. The molecule has 8 aromatic carbocycles. The second-order valence-corrected chi connectivity index (χ2v) is 21.6. The van der Waals surface area contributed by atoms with Gasteiger partial charge >= 0.3 is 0 Å². The van der Waals surface area contributed by atoms with Crippen molar-refractivity contribution in [2.45, 2.75) is 105 Å². The molecule has 0 amide bonds. The van der Waals surface area contributed by atoms with E-state index in [9.17, 15) is 0 Å². The molecule has 1 nitrogen and oxygen atoms in total. The molecular weight excluding hydrogens is 759 g/mol. The molecule has 0 radical (unpaired) electrons. The van der Waals surface area contributed by atoms with Crippen LogP contribution in [-0.2, 0) is 21.7 Å². The second-order valence-electron chi connectivity index (χ2n) is 21.6. The minimum Gasteiger partial charge on any atom is -0.309 e. The number of fused-ring (bicyclic) bond motifs is 1. The molecule has 0 aliphatic carbocycles. The van der Waals surface area contributed by atoms with E-state index in [1.165, 1.54) is 77.5 Å². The summed E-state index contributed by atoms with van der Waals surface area (Å²) >= 11 is 0. The van der Waals surface area contributed by atoms with Gasteiger partial charge in [0.1, 0.15) is 0 Å². The van der Waals surface area contributed by atoms with Crippen LogP contribution in [0.3, 0.4) is 0 Å². The van der Waals surface area contributed by atoms with Crippen molar-refractivity contribution in [1.82, 2.24) is 0 Å². The van der Waals surface area contributed by atoms with Crippen molar-refractivity contribution >= 4 is 27.8 Å². The van der Waals surface area contributed by atoms with Gasteiger partial charge < -0.3 is 4.90 Å². The summed E-state index contributed by atoms with van der Waals surface area (Å²) in [6.07, 6.45) is 0. The zero-order valence-corrected chi connectivity index (χ0v) is 39.7. The lowest BCUT2D eigenvalue weighted by Crippen LogP contribution is -2.17. The van der Waals surface area contributed by atoms with E-state index in [1.807, 2.05) is 0 Å². The van der Waals surface area contributed by atoms with E-state index >= 15 is 0 Å². The van der Waals surface area contributed by atoms with Gasteiger partial charge in [-0.05, 0) is 101 Å². The maximum atomic E-state index is 2.55. The van der Waals surface area contributed by atoms with Crippen molar-refractivity contribution in [2.24, 2.45) is 0 Å². The lowest BCUT2D eigenvalue weighted by molar-refractivity contribution is 0.569. The Balaban J connectivity index is 1.46. The molecule has 8 aromatic rings. The molecule has 8 rings (SSSR count). The minimum atomic E-state index is -0.0739. The lowest BCUT2D eigenvalue weighted by atomic mass is 9.78. The molecule has 0 saturated carbocycles. The highest BCUT2D eigenvalue weighted by atomic mass is 15.1. The molecule has 0 aliphatic rings. The molecule has 1 heteroatoms. The maximum absolute atomic E-state index is 2.55. The standard InChI is InChI=1S/C62H65N/c1-59(2,3)46-34-32-43(33-35-46)50-26-16-18-30-55(50)63(57-41-47(60(4,5)6)36-37-51(57)42-22-14-13-15-23-42)56-31-19-17-27-53(56)54-29-21-25-44-24-20-28-52(58(44)54)45-38-48(61(7,8)9)40-49(39-45)62(10,11)12/h13-41H,1-12H3. The summed E-state index contributed by atoms with van der Waals surface area (Å²) in [5.41, 5.74) is 18.3. The van der Waals surface area contributed by atoms with E-state index < -0.39 is 0 Å². The fourth-order valence-corrected chi connectivity index (χ4v) is 8.85. The van der Waals surface area contributed by atoms with Crippen molar-refractivity contribution in [3.63, 3.8) is 0 Å². The summed E-state index contributed by atoms with van der Waals surface area (Å²) in [7, 11) is 0. The summed E-state index contributed by atoms with van der Waals surface area (Å²) in [4.78, 5) is 2.55. The van der Waals surface area contributed by atoms with Gasteiger partial charge in [0.25, 0.3) is 0 Å². The third-order valence-corrected chi connectivity index (χ3v) is 12.7. The molecule has 0 atom stereocenters. The van der Waals surface area contributed by atoms with E-state index in [4.69, 9.17) is 0 Å². The first kappa shape index (κ1) is 43.5. The van der Waals surface area contributed by atoms with Crippen LogP contribution in [0.5, 0.6) is 0 Å². The molecule has 0 bridgehead atoms. The first-order valence-electron chi connectivity index (χ1n) is 22.8. The quantitative estimate of drug-likeness (QED) is 0.155. The zero-order valence-electron chi connectivity index (χ0n) is 39.7. The van der Waals surface area contributed by atoms with Gasteiger partial charge in [-0.1, -0.05) is 241 Å². The van der Waals surface area contributed by atoms with Gasteiger partial charge in [-0.25, -0.2) is 0 Å². The molecule has 0 N–H and O–H groups in total. The molecule has 0 unspecified atom stereocenters. The molecule has 0 heterocycles. The van der Waals surface area contributed by atoms with Crippen LogP contribution in [0.25, 0.3) is 55.3 Å². The Bertz CT molecular complexity index is 2860. The van der Waals surface area contributed by atoms with Crippen molar-refractivity contribution in [1.29, 1.82) is 0 Å². The van der Waals surface area contributed by atoms with Crippen LogP contribution in [0.15, 0.2) is 176 Å². The Kier molecular flexibility index (Phi) is 11.4. The maximum Gasteiger partial charge on any atom is 0.0543 e. The highest BCUT2D eigenvalue weighted by Gasteiger charge is 2.27. The predicted octanol–water partition coefficient (Wildman–Crippen LogP) is 18.2. The predicted molar refractivity (Wildman–Crippen MR) is 275 cm³/mol. The van der Waals surface area contributed by atoms with Crippen LogP contribution in [-0.4, -0.2) is 0 Å². The summed E-state index contributed by atoms with van der Waals surface area (Å²) in [6.45, 7) is 27.8. The number of benzene rings is 8. The second kappa shape index (κ2) is 16.5. The van der Waals surface area contributed by atoms with Crippen LogP contribution >= 0.6 is 0 Å². The number of rotatable bonds is 7. The minimum absolute atomic E-state index is 0.00493. The molecule has 0 spiro atoms. The normalized spacial score (nSPS) is 12.4. The van der Waals surface area contributed by atoms with Crippen LogP contribution in [0.2, 0.25) is 0 Å². The number of nitrogens with zero attached hydrogens (tertiary/aromatic N) is 1. The highest BCUT2D eigenvalue weighted by Crippen LogP contribution is 2.50. The average Bonchev–Trinajstić information content (AvgIpc) is 3.25. The van der Waals surface area contributed by atoms with Crippen molar-refractivity contribution in [3.8, 4) is 44.5 Å². The zero-order chi connectivity index (χ0) is 44.9. The molecule has 0 fully saturated rings. The first-order chi connectivity index (χ1) is 29.8. The van der Waals surface area contributed by atoms with Gasteiger partial charge in [-0.15, -0.1) is 0 Å². The fraction of sp³-hybridized carbons (Fsp3) is 0.258. The van der Waals surface area contributed by atoms with Crippen LogP contribution < -0.4 is 4.90 Å². The third kappa shape index (κ3) is 8.90. The van der Waals surface area contributed by atoms with E-state index in [2.05, 4.69) is 264 Å². The van der Waals surface area contributed by atoms with Crippen molar-refractivity contribution < 1.29 is 0 Å². The third-order valence-electron chi connectivity index (χ3n) is 12.7. The Morgan fingerprint density at radius 3 is 1.29 bits per heavy atom. The molecule has 318 valence electrons. The average molecular weight is 824 g/mol. The molecule has 0 aliphatic heterocycles. The van der Waals surface area contributed by atoms with Gasteiger partial charge in [-0.2, -0.15) is 0 Å². The lowest BCUT2D eigenvalue weighted by Gasteiger charge is -2.33. The first-order valence-corrected chi connectivity index (χ1v) is 22.8. The van der Waals surface area contributed by atoms with Crippen LogP contribution in [0, 0.1) is 0 Å².